The van der Waals surface area contributed by atoms with Crippen LogP contribution < -0.4 is 5.73 Å². The molecular weight excluding hydrogens is 282 g/mol. The third kappa shape index (κ3) is 2.90. The van der Waals surface area contributed by atoms with Crippen molar-refractivity contribution < 1.29 is 5.11 Å². The van der Waals surface area contributed by atoms with E-state index in [1.807, 2.05) is 12.1 Å². The Kier molecular flexibility index (Phi) is 4.82. The van der Waals surface area contributed by atoms with E-state index in [-0.39, 0.29) is 5.41 Å². The van der Waals surface area contributed by atoms with Crippen LogP contribution in [0.15, 0.2) is 36.9 Å². The van der Waals surface area contributed by atoms with Gasteiger partial charge in [-0.15, -0.1) is 6.58 Å². The summed E-state index contributed by atoms with van der Waals surface area (Å²) >= 11 is 5.95. The zero-order valence-corrected chi connectivity index (χ0v) is 13.7. The van der Waals surface area contributed by atoms with Crippen LogP contribution in [0.3, 0.4) is 0 Å². The SMILES string of the molecule is C=CC1(O)CCC(Cc2ccc(Cl)cc2)C(C)C1(C)CN. The molecule has 21 heavy (non-hydrogen) atoms. The van der Waals surface area contributed by atoms with Crippen molar-refractivity contribution in [3.63, 3.8) is 0 Å². The largest absolute Gasteiger partial charge is 0.385 e. The highest BCUT2D eigenvalue weighted by Gasteiger charge is 2.52. The van der Waals surface area contributed by atoms with Gasteiger partial charge in [0, 0.05) is 17.0 Å². The summed E-state index contributed by atoms with van der Waals surface area (Å²) in [6.45, 7) is 8.60. The minimum atomic E-state index is -0.863. The molecule has 3 N–H and O–H groups in total. The summed E-state index contributed by atoms with van der Waals surface area (Å²) in [6, 6.07) is 8.05. The predicted molar refractivity (Wildman–Crippen MR) is 89.4 cm³/mol. The second-order valence-corrected chi connectivity index (χ2v) is 7.10. The molecule has 116 valence electrons. The maximum absolute atomic E-state index is 10.9. The molecule has 0 saturated heterocycles. The van der Waals surface area contributed by atoms with E-state index >= 15 is 0 Å². The predicted octanol–water partition coefficient (Wildman–Crippen LogP) is 3.81. The summed E-state index contributed by atoms with van der Waals surface area (Å²) in [4.78, 5) is 0. The number of nitrogens with two attached hydrogens (primary N) is 1. The smallest absolute Gasteiger partial charge is 0.0893 e. The van der Waals surface area contributed by atoms with E-state index in [0.717, 1.165) is 24.3 Å². The zero-order chi connectivity index (χ0) is 15.7. The fraction of sp³-hybridized carbons (Fsp3) is 0.556. The zero-order valence-electron chi connectivity index (χ0n) is 13.0. The number of halogens is 1. The molecule has 0 spiro atoms. The Balaban J connectivity index is 2.20. The molecule has 1 aliphatic rings. The lowest BCUT2D eigenvalue weighted by molar-refractivity contribution is -0.112. The van der Waals surface area contributed by atoms with Gasteiger partial charge in [-0.25, -0.2) is 0 Å². The second kappa shape index (κ2) is 6.12. The molecule has 1 aromatic carbocycles. The van der Waals surface area contributed by atoms with Gasteiger partial charge in [0.15, 0.2) is 0 Å². The van der Waals surface area contributed by atoms with Crippen LogP contribution in [0.2, 0.25) is 5.02 Å². The Morgan fingerprint density at radius 3 is 2.57 bits per heavy atom. The first-order valence-electron chi connectivity index (χ1n) is 7.67. The maximum Gasteiger partial charge on any atom is 0.0893 e. The van der Waals surface area contributed by atoms with Crippen molar-refractivity contribution in [3.8, 4) is 0 Å². The van der Waals surface area contributed by atoms with E-state index in [1.54, 1.807) is 6.08 Å². The minimum Gasteiger partial charge on any atom is -0.385 e. The summed E-state index contributed by atoms with van der Waals surface area (Å²) in [6.07, 6.45) is 4.41. The number of aliphatic hydroxyl groups is 1. The van der Waals surface area contributed by atoms with Gasteiger partial charge < -0.3 is 10.8 Å². The van der Waals surface area contributed by atoms with Crippen molar-refractivity contribution in [1.29, 1.82) is 0 Å². The Bertz CT molecular complexity index is 500. The fourth-order valence-corrected chi connectivity index (χ4v) is 3.88. The molecule has 0 amide bonds. The molecule has 0 heterocycles. The van der Waals surface area contributed by atoms with Gasteiger partial charge >= 0.3 is 0 Å². The molecule has 0 bridgehead atoms. The first kappa shape index (κ1) is 16.5. The standard InChI is InChI=1S/C18H26ClNO/c1-4-18(21)10-9-15(13(2)17(18,3)12-20)11-14-5-7-16(19)8-6-14/h4-8,13,15,21H,1,9-12,20H2,2-3H3. The first-order chi connectivity index (χ1) is 9.86. The van der Waals surface area contributed by atoms with E-state index in [2.05, 4.69) is 32.6 Å². The molecule has 1 aliphatic carbocycles. The third-order valence-electron chi connectivity index (χ3n) is 5.77. The van der Waals surface area contributed by atoms with Crippen molar-refractivity contribution >= 4 is 11.6 Å². The highest BCUT2D eigenvalue weighted by molar-refractivity contribution is 6.30. The Hall–Kier alpha value is -0.830. The van der Waals surface area contributed by atoms with Gasteiger partial charge in [-0.1, -0.05) is 43.7 Å². The molecule has 1 aromatic rings. The number of hydrogen-bond donors (Lipinski definition) is 2. The average Bonchev–Trinajstić information content (AvgIpc) is 2.50. The molecule has 4 unspecified atom stereocenters. The first-order valence-corrected chi connectivity index (χ1v) is 8.04. The summed E-state index contributed by atoms with van der Waals surface area (Å²) in [5.74, 6) is 0.842. The van der Waals surface area contributed by atoms with Gasteiger partial charge in [-0.3, -0.25) is 0 Å². The summed E-state index contributed by atoms with van der Waals surface area (Å²) in [7, 11) is 0. The van der Waals surface area contributed by atoms with Crippen LogP contribution in [-0.4, -0.2) is 17.3 Å². The van der Waals surface area contributed by atoms with Crippen LogP contribution >= 0.6 is 11.6 Å². The van der Waals surface area contributed by atoms with E-state index in [0.29, 0.717) is 18.4 Å². The molecule has 0 radical (unpaired) electrons. The molecule has 2 rings (SSSR count). The van der Waals surface area contributed by atoms with Gasteiger partial charge in [-0.2, -0.15) is 0 Å². The average molecular weight is 308 g/mol. The lowest BCUT2D eigenvalue weighted by Crippen LogP contribution is -2.58. The Labute approximate surface area is 133 Å². The topological polar surface area (TPSA) is 46.2 Å². The molecule has 4 atom stereocenters. The second-order valence-electron chi connectivity index (χ2n) is 6.67. The molecular formula is C18H26ClNO. The normalized spacial score (nSPS) is 36.4. The highest BCUT2D eigenvalue weighted by Crippen LogP contribution is 2.51. The monoisotopic (exact) mass is 307 g/mol. The van der Waals surface area contributed by atoms with Crippen LogP contribution in [0.25, 0.3) is 0 Å². The molecule has 2 nitrogen and oxygen atoms in total. The Morgan fingerprint density at radius 1 is 1.43 bits per heavy atom. The van der Waals surface area contributed by atoms with Crippen LogP contribution in [0, 0.1) is 17.3 Å². The quantitative estimate of drug-likeness (QED) is 0.831. The van der Waals surface area contributed by atoms with Crippen LogP contribution in [0.4, 0.5) is 0 Å². The number of benzene rings is 1. The summed E-state index contributed by atoms with van der Waals surface area (Å²) in [5.41, 5.74) is 6.13. The van der Waals surface area contributed by atoms with Gasteiger partial charge in [0.05, 0.1) is 5.60 Å². The molecule has 3 heteroatoms. The van der Waals surface area contributed by atoms with E-state index in [1.165, 1.54) is 5.56 Å². The third-order valence-corrected chi connectivity index (χ3v) is 6.02. The van der Waals surface area contributed by atoms with E-state index in [9.17, 15) is 5.11 Å². The molecule has 0 aliphatic heterocycles. The van der Waals surface area contributed by atoms with E-state index < -0.39 is 5.60 Å². The van der Waals surface area contributed by atoms with Crippen molar-refractivity contribution in [1.82, 2.24) is 0 Å². The molecule has 1 saturated carbocycles. The van der Waals surface area contributed by atoms with Crippen molar-refractivity contribution in [2.24, 2.45) is 23.0 Å². The van der Waals surface area contributed by atoms with Crippen LogP contribution in [0.5, 0.6) is 0 Å². The van der Waals surface area contributed by atoms with Gasteiger partial charge in [0.1, 0.15) is 0 Å². The minimum absolute atomic E-state index is 0.329. The van der Waals surface area contributed by atoms with Gasteiger partial charge in [0.25, 0.3) is 0 Å². The fourth-order valence-electron chi connectivity index (χ4n) is 3.76. The van der Waals surface area contributed by atoms with Crippen LogP contribution in [-0.2, 0) is 6.42 Å². The lowest BCUT2D eigenvalue weighted by Gasteiger charge is -2.53. The lowest BCUT2D eigenvalue weighted by atomic mass is 9.54. The number of rotatable bonds is 4. The van der Waals surface area contributed by atoms with Crippen molar-refractivity contribution in [3.05, 3.63) is 47.5 Å². The van der Waals surface area contributed by atoms with Crippen LogP contribution in [0.1, 0.15) is 32.3 Å². The summed E-state index contributed by atoms with van der Waals surface area (Å²) < 4.78 is 0. The molecule has 0 aromatic heterocycles. The Morgan fingerprint density at radius 2 is 2.05 bits per heavy atom. The van der Waals surface area contributed by atoms with E-state index in [4.69, 9.17) is 17.3 Å². The van der Waals surface area contributed by atoms with Gasteiger partial charge in [-0.05, 0) is 48.8 Å². The number of hydrogen-bond acceptors (Lipinski definition) is 2. The highest BCUT2D eigenvalue weighted by atomic mass is 35.5. The maximum atomic E-state index is 10.9. The van der Waals surface area contributed by atoms with Crippen molar-refractivity contribution in [2.75, 3.05) is 6.54 Å². The summed E-state index contributed by atoms with van der Waals surface area (Å²) in [5, 5.41) is 11.6. The molecule has 1 fully saturated rings. The van der Waals surface area contributed by atoms with Gasteiger partial charge in [0.2, 0.25) is 0 Å². The van der Waals surface area contributed by atoms with Crippen molar-refractivity contribution in [2.45, 2.75) is 38.7 Å².